The van der Waals surface area contributed by atoms with Gasteiger partial charge >= 0.3 is 0 Å². The lowest BCUT2D eigenvalue weighted by Gasteiger charge is -2.28. The number of hydrogen-bond acceptors (Lipinski definition) is 5. The second kappa shape index (κ2) is 11.1. The van der Waals surface area contributed by atoms with Crippen molar-refractivity contribution in [2.75, 3.05) is 23.7 Å². The van der Waals surface area contributed by atoms with Gasteiger partial charge in [-0.2, -0.15) is 0 Å². The highest BCUT2D eigenvalue weighted by molar-refractivity contribution is 7.92. The maximum absolute atomic E-state index is 12.7. The van der Waals surface area contributed by atoms with Crippen LogP contribution in [0.25, 0.3) is 0 Å². The molecule has 0 bridgehead atoms. The van der Waals surface area contributed by atoms with Crippen molar-refractivity contribution >= 4 is 21.6 Å². The molecule has 0 fully saturated rings. The highest BCUT2D eigenvalue weighted by Gasteiger charge is 2.29. The van der Waals surface area contributed by atoms with Crippen molar-refractivity contribution in [3.8, 4) is 17.2 Å². The van der Waals surface area contributed by atoms with Gasteiger partial charge < -0.3 is 14.8 Å². The van der Waals surface area contributed by atoms with E-state index in [1.807, 2.05) is 56.3 Å². The number of sulfonamides is 1. The normalized spacial score (nSPS) is 12.0. The van der Waals surface area contributed by atoms with Gasteiger partial charge in [-0.05, 0) is 80.4 Å². The summed E-state index contributed by atoms with van der Waals surface area (Å²) in [4.78, 5) is 12.7. The van der Waals surface area contributed by atoms with Gasteiger partial charge in [-0.1, -0.05) is 24.3 Å². The predicted molar refractivity (Wildman–Crippen MR) is 134 cm³/mol. The predicted octanol–water partition coefficient (Wildman–Crippen LogP) is 4.45. The maximum Gasteiger partial charge on any atom is 0.243 e. The van der Waals surface area contributed by atoms with Crippen molar-refractivity contribution < 1.29 is 22.7 Å². The van der Waals surface area contributed by atoms with E-state index in [1.54, 1.807) is 31.2 Å². The third-order valence-corrected chi connectivity index (χ3v) is 6.27. The zero-order chi connectivity index (χ0) is 24.7. The Morgan fingerprint density at radius 3 is 2.09 bits per heavy atom. The lowest BCUT2D eigenvalue weighted by molar-refractivity contribution is -0.121. The van der Waals surface area contributed by atoms with Crippen molar-refractivity contribution in [3.05, 3.63) is 83.9 Å². The average Bonchev–Trinajstić information content (AvgIpc) is 2.77. The average molecular weight is 483 g/mol. The van der Waals surface area contributed by atoms with Crippen molar-refractivity contribution in [3.63, 3.8) is 0 Å². The van der Waals surface area contributed by atoms with E-state index in [4.69, 9.17) is 9.47 Å². The van der Waals surface area contributed by atoms with Crippen molar-refractivity contribution in [1.29, 1.82) is 0 Å². The molecule has 8 heteroatoms. The molecule has 0 aliphatic heterocycles. The van der Waals surface area contributed by atoms with Crippen LogP contribution in [0.1, 0.15) is 18.1 Å². The van der Waals surface area contributed by atoms with Crippen LogP contribution in [-0.4, -0.2) is 39.8 Å². The van der Waals surface area contributed by atoms with E-state index in [-0.39, 0.29) is 13.2 Å². The Morgan fingerprint density at radius 2 is 1.50 bits per heavy atom. The Morgan fingerprint density at radius 1 is 0.912 bits per heavy atom. The monoisotopic (exact) mass is 482 g/mol. The van der Waals surface area contributed by atoms with Crippen molar-refractivity contribution in [2.24, 2.45) is 0 Å². The lowest BCUT2D eigenvalue weighted by Crippen LogP contribution is -2.48. The number of nitrogens with zero attached hydrogens (tertiary/aromatic N) is 1. The summed E-state index contributed by atoms with van der Waals surface area (Å²) in [6.45, 7) is 6.05. The van der Waals surface area contributed by atoms with Gasteiger partial charge in [0.05, 0.1) is 18.5 Å². The zero-order valence-electron chi connectivity index (χ0n) is 19.8. The molecule has 0 aliphatic rings. The minimum atomic E-state index is -3.72. The summed E-state index contributed by atoms with van der Waals surface area (Å²) in [5, 5.41) is 2.75. The number of ether oxygens (including phenoxy) is 2. The fourth-order valence-electron chi connectivity index (χ4n) is 3.60. The molecule has 7 nitrogen and oxygen atoms in total. The van der Waals surface area contributed by atoms with Crippen LogP contribution in [0.15, 0.2) is 72.8 Å². The summed E-state index contributed by atoms with van der Waals surface area (Å²) in [6, 6.07) is 20.8. The summed E-state index contributed by atoms with van der Waals surface area (Å²) < 4.78 is 37.6. The number of amides is 1. The number of aryl methyl sites for hydroxylation is 2. The first-order valence-electron chi connectivity index (χ1n) is 10.9. The topological polar surface area (TPSA) is 84.9 Å². The summed E-state index contributed by atoms with van der Waals surface area (Å²) in [5.41, 5.74) is 2.56. The van der Waals surface area contributed by atoms with E-state index in [9.17, 15) is 13.2 Å². The van der Waals surface area contributed by atoms with Gasteiger partial charge in [0.25, 0.3) is 0 Å². The second-order valence-corrected chi connectivity index (χ2v) is 9.97. The number of anilines is 1. The van der Waals surface area contributed by atoms with Gasteiger partial charge in [-0.3, -0.25) is 9.10 Å². The number of carbonyl (C=O) groups is 1. The molecule has 0 saturated heterocycles. The molecule has 1 amide bonds. The Hall–Kier alpha value is -3.52. The van der Waals surface area contributed by atoms with Gasteiger partial charge in [0.2, 0.25) is 15.9 Å². The Kier molecular flexibility index (Phi) is 8.17. The molecule has 0 saturated carbocycles. The Balaban J connectivity index is 1.62. The van der Waals surface area contributed by atoms with E-state index in [0.29, 0.717) is 17.2 Å². The third kappa shape index (κ3) is 6.99. The standard InChI is InChI=1S/C26H30N2O5S/c1-19-16-20(2)18-25(17-19)32-15-14-27-26(29)21(3)28(34(4,30)31)22-10-12-24(13-11-22)33-23-8-6-5-7-9-23/h5-13,16-18,21H,14-15H2,1-4H3,(H,27,29)/t21-/m1/s1. The number of carbonyl (C=O) groups excluding carboxylic acids is 1. The number of para-hydroxylation sites is 1. The molecular formula is C26H30N2O5S. The van der Waals surface area contributed by atoms with Crippen LogP contribution in [0.2, 0.25) is 0 Å². The molecular weight excluding hydrogens is 452 g/mol. The molecule has 0 unspecified atom stereocenters. The lowest BCUT2D eigenvalue weighted by atomic mass is 10.1. The Bertz CT molecular complexity index is 1190. The second-order valence-electron chi connectivity index (χ2n) is 8.11. The molecule has 0 aliphatic carbocycles. The number of rotatable bonds is 10. The molecule has 0 radical (unpaired) electrons. The molecule has 3 rings (SSSR count). The molecule has 1 atom stereocenters. The molecule has 0 heterocycles. The summed E-state index contributed by atoms with van der Waals surface area (Å²) in [6.07, 6.45) is 1.08. The molecule has 180 valence electrons. The largest absolute Gasteiger partial charge is 0.492 e. The van der Waals surface area contributed by atoms with Gasteiger partial charge in [0.1, 0.15) is 29.9 Å². The first kappa shape index (κ1) is 25.1. The molecule has 34 heavy (non-hydrogen) atoms. The smallest absolute Gasteiger partial charge is 0.243 e. The fourth-order valence-corrected chi connectivity index (χ4v) is 4.78. The minimum Gasteiger partial charge on any atom is -0.492 e. The molecule has 1 N–H and O–H groups in total. The van der Waals surface area contributed by atoms with E-state index in [0.717, 1.165) is 27.4 Å². The quantitative estimate of drug-likeness (QED) is 0.432. The SMILES string of the molecule is Cc1cc(C)cc(OCCNC(=O)[C@@H](C)N(c2ccc(Oc3ccccc3)cc2)S(C)(=O)=O)c1. The van der Waals surface area contributed by atoms with Gasteiger partial charge in [0, 0.05) is 0 Å². The van der Waals surface area contributed by atoms with Crippen LogP contribution in [0, 0.1) is 13.8 Å². The molecule has 0 spiro atoms. The molecule has 0 aromatic heterocycles. The van der Waals surface area contributed by atoms with E-state index in [1.165, 1.54) is 0 Å². The molecule has 3 aromatic rings. The summed E-state index contributed by atoms with van der Waals surface area (Å²) in [7, 11) is -3.72. The minimum absolute atomic E-state index is 0.248. The highest BCUT2D eigenvalue weighted by atomic mass is 32.2. The first-order chi connectivity index (χ1) is 16.1. The van der Waals surface area contributed by atoms with Crippen LogP contribution in [0.4, 0.5) is 5.69 Å². The van der Waals surface area contributed by atoms with Crippen LogP contribution in [0.3, 0.4) is 0 Å². The summed E-state index contributed by atoms with van der Waals surface area (Å²) in [5.74, 6) is 1.55. The van der Waals surface area contributed by atoms with Gasteiger partial charge in [-0.25, -0.2) is 8.42 Å². The number of hydrogen-bond donors (Lipinski definition) is 1. The van der Waals surface area contributed by atoms with Crippen molar-refractivity contribution in [1.82, 2.24) is 5.32 Å². The summed E-state index contributed by atoms with van der Waals surface area (Å²) >= 11 is 0. The van der Waals surface area contributed by atoms with Gasteiger partial charge in [-0.15, -0.1) is 0 Å². The third-order valence-electron chi connectivity index (χ3n) is 5.02. The van der Waals surface area contributed by atoms with Crippen molar-refractivity contribution in [2.45, 2.75) is 26.8 Å². The van der Waals surface area contributed by atoms with Crippen LogP contribution in [0.5, 0.6) is 17.2 Å². The Labute approximate surface area is 201 Å². The fraction of sp³-hybridized carbons (Fsp3) is 0.269. The number of nitrogens with one attached hydrogen (secondary N) is 1. The highest BCUT2D eigenvalue weighted by Crippen LogP contribution is 2.27. The van der Waals surface area contributed by atoms with Crippen LogP contribution < -0.4 is 19.1 Å². The first-order valence-corrected chi connectivity index (χ1v) is 12.8. The van der Waals surface area contributed by atoms with E-state index in [2.05, 4.69) is 11.4 Å². The van der Waals surface area contributed by atoms with E-state index >= 15 is 0 Å². The number of benzene rings is 3. The van der Waals surface area contributed by atoms with E-state index < -0.39 is 22.0 Å². The van der Waals surface area contributed by atoms with Crippen LogP contribution in [-0.2, 0) is 14.8 Å². The van der Waals surface area contributed by atoms with Crippen LogP contribution >= 0.6 is 0 Å². The van der Waals surface area contributed by atoms with Gasteiger partial charge in [0.15, 0.2) is 0 Å². The maximum atomic E-state index is 12.7. The zero-order valence-corrected chi connectivity index (χ0v) is 20.6. The molecule has 3 aromatic carbocycles.